The molecule has 0 aromatic heterocycles. The zero-order valence-electron chi connectivity index (χ0n) is 14.6. The van der Waals surface area contributed by atoms with Crippen molar-refractivity contribution in [1.29, 1.82) is 0 Å². The SMILES string of the molecule is CN(Cc1ccc(N2CCOCC2)cc1)C(=O)/C=C/c1ccccc1. The number of anilines is 1. The van der Waals surface area contributed by atoms with Gasteiger partial charge in [0.05, 0.1) is 13.2 Å². The second-order valence-electron chi connectivity index (χ2n) is 6.20. The Balaban J connectivity index is 1.55. The van der Waals surface area contributed by atoms with Gasteiger partial charge in [-0.2, -0.15) is 0 Å². The molecule has 1 aliphatic rings. The van der Waals surface area contributed by atoms with Crippen LogP contribution in [0.25, 0.3) is 6.08 Å². The minimum absolute atomic E-state index is 0.00103. The maximum Gasteiger partial charge on any atom is 0.246 e. The molecule has 1 fully saturated rings. The Labute approximate surface area is 149 Å². The topological polar surface area (TPSA) is 32.8 Å². The van der Waals surface area contributed by atoms with Crippen molar-refractivity contribution in [2.24, 2.45) is 0 Å². The van der Waals surface area contributed by atoms with Crippen LogP contribution in [0.4, 0.5) is 5.69 Å². The molecule has 4 nitrogen and oxygen atoms in total. The van der Waals surface area contributed by atoms with Gasteiger partial charge in [-0.3, -0.25) is 4.79 Å². The molecule has 3 rings (SSSR count). The van der Waals surface area contributed by atoms with Crippen LogP contribution >= 0.6 is 0 Å². The molecule has 1 amide bonds. The predicted octanol–water partition coefficient (Wildman–Crippen LogP) is 3.20. The second-order valence-corrected chi connectivity index (χ2v) is 6.20. The van der Waals surface area contributed by atoms with Gasteiger partial charge >= 0.3 is 0 Å². The van der Waals surface area contributed by atoms with Crippen molar-refractivity contribution in [3.63, 3.8) is 0 Å². The third-order valence-corrected chi connectivity index (χ3v) is 4.33. The van der Waals surface area contributed by atoms with E-state index in [-0.39, 0.29) is 5.91 Å². The van der Waals surface area contributed by atoms with Gasteiger partial charge in [-0.1, -0.05) is 42.5 Å². The van der Waals surface area contributed by atoms with Crippen LogP contribution in [0, 0.1) is 0 Å². The largest absolute Gasteiger partial charge is 0.378 e. The highest BCUT2D eigenvalue weighted by atomic mass is 16.5. The van der Waals surface area contributed by atoms with Gasteiger partial charge in [-0.05, 0) is 29.3 Å². The number of benzene rings is 2. The molecule has 0 saturated carbocycles. The highest BCUT2D eigenvalue weighted by Crippen LogP contribution is 2.17. The lowest BCUT2D eigenvalue weighted by atomic mass is 10.1. The Morgan fingerprint density at radius 1 is 1.08 bits per heavy atom. The maximum atomic E-state index is 12.3. The van der Waals surface area contributed by atoms with Gasteiger partial charge in [0.25, 0.3) is 0 Å². The molecule has 0 radical (unpaired) electrons. The van der Waals surface area contributed by atoms with Crippen molar-refractivity contribution in [3.8, 4) is 0 Å². The van der Waals surface area contributed by atoms with Crippen molar-refractivity contribution in [2.45, 2.75) is 6.54 Å². The standard InChI is InChI=1S/C21H24N2O2/c1-22(21(24)12-9-18-5-3-2-4-6-18)17-19-7-10-20(11-8-19)23-13-15-25-16-14-23/h2-12H,13-17H2,1H3/b12-9+. The van der Waals surface area contributed by atoms with Crippen LogP contribution in [0.2, 0.25) is 0 Å². The lowest BCUT2D eigenvalue weighted by Gasteiger charge is -2.29. The monoisotopic (exact) mass is 336 g/mol. The van der Waals surface area contributed by atoms with E-state index in [2.05, 4.69) is 29.2 Å². The van der Waals surface area contributed by atoms with Crippen LogP contribution in [0.5, 0.6) is 0 Å². The fourth-order valence-electron chi connectivity index (χ4n) is 2.84. The maximum absolute atomic E-state index is 12.3. The molecule has 1 heterocycles. The number of carbonyl (C=O) groups is 1. The second kappa shape index (κ2) is 8.49. The average molecular weight is 336 g/mol. The van der Waals surface area contributed by atoms with Crippen LogP contribution in [0.3, 0.4) is 0 Å². The van der Waals surface area contributed by atoms with E-state index in [1.54, 1.807) is 11.0 Å². The highest BCUT2D eigenvalue weighted by molar-refractivity contribution is 5.91. The first-order valence-electron chi connectivity index (χ1n) is 8.62. The fraction of sp³-hybridized carbons (Fsp3) is 0.286. The summed E-state index contributed by atoms with van der Waals surface area (Å²) < 4.78 is 5.39. The molecular formula is C21H24N2O2. The number of amides is 1. The molecular weight excluding hydrogens is 312 g/mol. The summed E-state index contributed by atoms with van der Waals surface area (Å²) in [5, 5.41) is 0. The normalized spacial score (nSPS) is 14.7. The number of hydrogen-bond acceptors (Lipinski definition) is 3. The molecule has 0 bridgehead atoms. The number of ether oxygens (including phenoxy) is 1. The first-order chi connectivity index (χ1) is 12.2. The predicted molar refractivity (Wildman–Crippen MR) is 101 cm³/mol. The number of carbonyl (C=O) groups excluding carboxylic acids is 1. The van der Waals surface area contributed by atoms with E-state index in [1.165, 1.54) is 5.69 Å². The molecule has 1 saturated heterocycles. The van der Waals surface area contributed by atoms with Crippen molar-refractivity contribution < 1.29 is 9.53 Å². The van der Waals surface area contributed by atoms with Gasteiger partial charge in [0, 0.05) is 38.4 Å². The Morgan fingerprint density at radius 2 is 1.76 bits per heavy atom. The zero-order valence-corrected chi connectivity index (χ0v) is 14.6. The molecule has 0 atom stereocenters. The van der Waals surface area contributed by atoms with Crippen molar-refractivity contribution in [2.75, 3.05) is 38.3 Å². The summed E-state index contributed by atoms with van der Waals surface area (Å²) in [6, 6.07) is 18.3. The number of nitrogens with zero attached hydrogens (tertiary/aromatic N) is 2. The third-order valence-electron chi connectivity index (χ3n) is 4.33. The summed E-state index contributed by atoms with van der Waals surface area (Å²) in [5.74, 6) is 0.00103. The third kappa shape index (κ3) is 4.94. The minimum Gasteiger partial charge on any atom is -0.378 e. The van der Waals surface area contributed by atoms with Gasteiger partial charge in [-0.25, -0.2) is 0 Å². The summed E-state index contributed by atoms with van der Waals surface area (Å²) in [5.41, 5.74) is 3.37. The van der Waals surface area contributed by atoms with Gasteiger partial charge in [0.2, 0.25) is 5.91 Å². The Hall–Kier alpha value is -2.59. The van der Waals surface area contributed by atoms with Crippen LogP contribution in [-0.2, 0) is 16.1 Å². The van der Waals surface area contributed by atoms with E-state index in [4.69, 9.17) is 4.74 Å². The molecule has 130 valence electrons. The molecule has 4 heteroatoms. The minimum atomic E-state index is 0.00103. The van der Waals surface area contributed by atoms with Crippen LogP contribution in [-0.4, -0.2) is 44.2 Å². The van der Waals surface area contributed by atoms with Crippen molar-refractivity contribution in [3.05, 3.63) is 71.8 Å². The van der Waals surface area contributed by atoms with E-state index < -0.39 is 0 Å². The number of likely N-dealkylation sites (N-methyl/N-ethyl adjacent to an activating group) is 1. The van der Waals surface area contributed by atoms with E-state index in [0.29, 0.717) is 6.54 Å². The summed E-state index contributed by atoms with van der Waals surface area (Å²) in [7, 11) is 1.83. The number of hydrogen-bond donors (Lipinski definition) is 0. The van der Waals surface area contributed by atoms with Crippen molar-refractivity contribution >= 4 is 17.7 Å². The van der Waals surface area contributed by atoms with Gasteiger partial charge in [0.1, 0.15) is 0 Å². The first-order valence-corrected chi connectivity index (χ1v) is 8.62. The molecule has 0 aliphatic carbocycles. The first kappa shape index (κ1) is 17.2. The summed E-state index contributed by atoms with van der Waals surface area (Å²) in [6.45, 7) is 4.03. The zero-order chi connectivity index (χ0) is 17.5. The smallest absolute Gasteiger partial charge is 0.246 e. The highest BCUT2D eigenvalue weighted by Gasteiger charge is 2.11. The molecule has 1 aliphatic heterocycles. The fourth-order valence-corrected chi connectivity index (χ4v) is 2.84. The molecule has 0 N–H and O–H groups in total. The average Bonchev–Trinajstić information content (AvgIpc) is 2.68. The van der Waals surface area contributed by atoms with Crippen LogP contribution in [0.15, 0.2) is 60.7 Å². The van der Waals surface area contributed by atoms with E-state index in [9.17, 15) is 4.79 Å². The van der Waals surface area contributed by atoms with E-state index in [0.717, 1.165) is 37.4 Å². The van der Waals surface area contributed by atoms with E-state index >= 15 is 0 Å². The summed E-state index contributed by atoms with van der Waals surface area (Å²) in [4.78, 5) is 16.3. The lowest BCUT2D eigenvalue weighted by molar-refractivity contribution is -0.125. The lowest BCUT2D eigenvalue weighted by Crippen LogP contribution is -2.36. The summed E-state index contributed by atoms with van der Waals surface area (Å²) in [6.07, 6.45) is 3.47. The molecule has 2 aromatic carbocycles. The van der Waals surface area contributed by atoms with Crippen LogP contribution < -0.4 is 4.90 Å². The van der Waals surface area contributed by atoms with Gasteiger partial charge in [0.15, 0.2) is 0 Å². The molecule has 0 unspecified atom stereocenters. The van der Waals surface area contributed by atoms with Crippen molar-refractivity contribution in [1.82, 2.24) is 4.90 Å². The molecule has 25 heavy (non-hydrogen) atoms. The van der Waals surface area contributed by atoms with E-state index in [1.807, 2.05) is 43.5 Å². The Bertz CT molecular complexity index is 704. The Morgan fingerprint density at radius 3 is 2.44 bits per heavy atom. The number of morpholine rings is 1. The molecule has 0 spiro atoms. The van der Waals surface area contributed by atoms with Crippen LogP contribution in [0.1, 0.15) is 11.1 Å². The molecule has 2 aromatic rings. The number of rotatable bonds is 5. The van der Waals surface area contributed by atoms with Gasteiger partial charge < -0.3 is 14.5 Å². The summed E-state index contributed by atoms with van der Waals surface area (Å²) >= 11 is 0. The quantitative estimate of drug-likeness (QED) is 0.786. The van der Waals surface area contributed by atoms with Gasteiger partial charge in [-0.15, -0.1) is 0 Å². The Kier molecular flexibility index (Phi) is 5.86.